The summed E-state index contributed by atoms with van der Waals surface area (Å²) in [6.45, 7) is 3.40. The molecular formula is C18H17FN2O. The van der Waals surface area contributed by atoms with Crippen molar-refractivity contribution in [3.8, 4) is 17.0 Å². The maximum absolute atomic E-state index is 12.8. The van der Waals surface area contributed by atoms with Crippen LogP contribution < -0.4 is 4.74 Å². The number of hydrogen-bond acceptors (Lipinski definition) is 2. The van der Waals surface area contributed by atoms with E-state index in [0.29, 0.717) is 6.61 Å². The molecule has 3 nitrogen and oxygen atoms in total. The Morgan fingerprint density at radius 2 is 1.77 bits per heavy atom. The SMILES string of the molecule is CCn1cncc1-c1ccc(OCc2ccc(F)cc2)cc1. The lowest BCUT2D eigenvalue weighted by molar-refractivity contribution is 0.306. The van der Waals surface area contributed by atoms with E-state index >= 15 is 0 Å². The average molecular weight is 296 g/mol. The molecule has 0 radical (unpaired) electrons. The van der Waals surface area contributed by atoms with Crippen molar-refractivity contribution in [1.29, 1.82) is 0 Å². The van der Waals surface area contributed by atoms with Crippen LogP contribution in [0.15, 0.2) is 61.1 Å². The summed E-state index contributed by atoms with van der Waals surface area (Å²) in [5.41, 5.74) is 3.13. The van der Waals surface area contributed by atoms with Crippen molar-refractivity contribution < 1.29 is 9.13 Å². The Bertz CT molecular complexity index is 733. The van der Waals surface area contributed by atoms with Gasteiger partial charge >= 0.3 is 0 Å². The Morgan fingerprint density at radius 1 is 1.05 bits per heavy atom. The number of aromatic nitrogens is 2. The second kappa shape index (κ2) is 6.43. The third-order valence-corrected chi connectivity index (χ3v) is 3.52. The van der Waals surface area contributed by atoms with Gasteiger partial charge in [-0.05, 0) is 48.9 Å². The summed E-state index contributed by atoms with van der Waals surface area (Å²) in [6, 6.07) is 14.2. The molecule has 4 heteroatoms. The molecule has 0 aliphatic carbocycles. The van der Waals surface area contributed by atoms with Gasteiger partial charge in [-0.3, -0.25) is 0 Å². The van der Waals surface area contributed by atoms with Crippen LogP contribution in [0, 0.1) is 5.82 Å². The number of nitrogens with zero attached hydrogens (tertiary/aromatic N) is 2. The van der Waals surface area contributed by atoms with Gasteiger partial charge in [0.25, 0.3) is 0 Å². The monoisotopic (exact) mass is 296 g/mol. The van der Waals surface area contributed by atoms with Gasteiger partial charge < -0.3 is 9.30 Å². The van der Waals surface area contributed by atoms with Gasteiger partial charge in [-0.15, -0.1) is 0 Å². The molecule has 0 amide bonds. The highest BCUT2D eigenvalue weighted by atomic mass is 19.1. The lowest BCUT2D eigenvalue weighted by atomic mass is 10.1. The fourth-order valence-electron chi connectivity index (χ4n) is 2.28. The smallest absolute Gasteiger partial charge is 0.123 e. The van der Waals surface area contributed by atoms with Crippen molar-refractivity contribution in [3.05, 3.63) is 72.4 Å². The molecule has 112 valence electrons. The van der Waals surface area contributed by atoms with Crippen molar-refractivity contribution in [2.75, 3.05) is 0 Å². The summed E-state index contributed by atoms with van der Waals surface area (Å²) in [6.07, 6.45) is 3.69. The van der Waals surface area contributed by atoms with Gasteiger partial charge in [0, 0.05) is 12.1 Å². The summed E-state index contributed by atoms with van der Waals surface area (Å²) < 4.78 is 20.7. The lowest BCUT2D eigenvalue weighted by Gasteiger charge is -2.08. The van der Waals surface area contributed by atoms with Crippen LogP contribution in [0.2, 0.25) is 0 Å². The maximum atomic E-state index is 12.8. The molecule has 1 aromatic heterocycles. The van der Waals surface area contributed by atoms with Crippen LogP contribution in [-0.2, 0) is 13.2 Å². The summed E-state index contributed by atoms with van der Waals surface area (Å²) in [5.74, 6) is 0.552. The Hall–Kier alpha value is -2.62. The predicted octanol–water partition coefficient (Wildman–Crippen LogP) is 4.29. The van der Waals surface area contributed by atoms with E-state index < -0.39 is 0 Å². The fourth-order valence-corrected chi connectivity index (χ4v) is 2.28. The molecule has 0 spiro atoms. The van der Waals surface area contributed by atoms with Gasteiger partial charge in [0.1, 0.15) is 18.2 Å². The first kappa shape index (κ1) is 14.3. The van der Waals surface area contributed by atoms with E-state index in [-0.39, 0.29) is 5.82 Å². The van der Waals surface area contributed by atoms with Crippen molar-refractivity contribution in [2.45, 2.75) is 20.1 Å². The molecule has 22 heavy (non-hydrogen) atoms. The molecule has 0 unspecified atom stereocenters. The Labute approximate surface area is 129 Å². The van der Waals surface area contributed by atoms with Crippen molar-refractivity contribution in [1.82, 2.24) is 9.55 Å². The number of imidazole rings is 1. The zero-order valence-corrected chi connectivity index (χ0v) is 12.4. The van der Waals surface area contributed by atoms with Crippen molar-refractivity contribution in [3.63, 3.8) is 0 Å². The van der Waals surface area contributed by atoms with Crippen molar-refractivity contribution >= 4 is 0 Å². The summed E-state index contributed by atoms with van der Waals surface area (Å²) >= 11 is 0. The van der Waals surface area contributed by atoms with Gasteiger partial charge in [0.15, 0.2) is 0 Å². The normalized spacial score (nSPS) is 10.6. The number of aryl methyl sites for hydroxylation is 1. The van der Waals surface area contributed by atoms with Crippen LogP contribution in [0.5, 0.6) is 5.75 Å². The molecule has 1 heterocycles. The van der Waals surface area contributed by atoms with Crippen LogP contribution in [0.1, 0.15) is 12.5 Å². The quantitative estimate of drug-likeness (QED) is 0.702. The topological polar surface area (TPSA) is 27.1 Å². The lowest BCUT2D eigenvalue weighted by Crippen LogP contribution is -1.96. The first-order valence-electron chi connectivity index (χ1n) is 7.24. The fraction of sp³-hybridized carbons (Fsp3) is 0.167. The molecule has 0 saturated carbocycles. The van der Waals surface area contributed by atoms with E-state index in [1.165, 1.54) is 12.1 Å². The van der Waals surface area contributed by atoms with E-state index in [1.807, 2.05) is 36.8 Å². The van der Waals surface area contributed by atoms with Gasteiger partial charge in [-0.1, -0.05) is 12.1 Å². The van der Waals surface area contributed by atoms with E-state index in [0.717, 1.165) is 29.1 Å². The molecule has 0 aliphatic rings. The first-order valence-corrected chi connectivity index (χ1v) is 7.24. The van der Waals surface area contributed by atoms with Gasteiger partial charge in [-0.2, -0.15) is 0 Å². The molecule has 0 aliphatic heterocycles. The van der Waals surface area contributed by atoms with E-state index in [1.54, 1.807) is 12.1 Å². The number of halogens is 1. The molecule has 3 aromatic rings. The van der Waals surface area contributed by atoms with Gasteiger partial charge in [0.05, 0.1) is 18.2 Å². The van der Waals surface area contributed by atoms with Crippen LogP contribution in [0.4, 0.5) is 4.39 Å². The molecule has 0 atom stereocenters. The van der Waals surface area contributed by atoms with E-state index in [9.17, 15) is 4.39 Å². The summed E-state index contributed by atoms with van der Waals surface area (Å²) in [7, 11) is 0. The second-order valence-electron chi connectivity index (χ2n) is 5.00. The minimum atomic E-state index is -0.236. The molecule has 0 saturated heterocycles. The third-order valence-electron chi connectivity index (χ3n) is 3.52. The highest BCUT2D eigenvalue weighted by Gasteiger charge is 2.04. The Balaban J connectivity index is 1.68. The molecule has 3 rings (SSSR count). The predicted molar refractivity (Wildman–Crippen MR) is 84.1 cm³/mol. The maximum Gasteiger partial charge on any atom is 0.123 e. The number of rotatable bonds is 5. The third kappa shape index (κ3) is 3.17. The zero-order valence-electron chi connectivity index (χ0n) is 12.4. The largest absolute Gasteiger partial charge is 0.489 e. The zero-order chi connectivity index (χ0) is 15.4. The standard InChI is InChI=1S/C18H17FN2O/c1-2-21-13-20-11-18(21)15-5-9-17(10-6-15)22-12-14-3-7-16(19)8-4-14/h3-11,13H,2,12H2,1H3. The van der Waals surface area contributed by atoms with Crippen LogP contribution in [-0.4, -0.2) is 9.55 Å². The summed E-state index contributed by atoms with van der Waals surface area (Å²) in [4.78, 5) is 4.18. The Morgan fingerprint density at radius 3 is 2.45 bits per heavy atom. The van der Waals surface area contributed by atoms with E-state index in [4.69, 9.17) is 4.74 Å². The van der Waals surface area contributed by atoms with Crippen LogP contribution in [0.25, 0.3) is 11.3 Å². The molecular weight excluding hydrogens is 279 g/mol. The number of hydrogen-bond donors (Lipinski definition) is 0. The molecule has 0 N–H and O–H groups in total. The Kier molecular flexibility index (Phi) is 4.19. The van der Waals surface area contributed by atoms with Gasteiger partial charge in [0.2, 0.25) is 0 Å². The van der Waals surface area contributed by atoms with Crippen LogP contribution in [0.3, 0.4) is 0 Å². The average Bonchev–Trinajstić information content (AvgIpc) is 3.03. The minimum Gasteiger partial charge on any atom is -0.489 e. The van der Waals surface area contributed by atoms with E-state index in [2.05, 4.69) is 16.5 Å². The van der Waals surface area contributed by atoms with Crippen molar-refractivity contribution in [2.24, 2.45) is 0 Å². The highest BCUT2D eigenvalue weighted by molar-refractivity contribution is 5.59. The molecule has 0 bridgehead atoms. The molecule has 2 aromatic carbocycles. The number of benzene rings is 2. The highest BCUT2D eigenvalue weighted by Crippen LogP contribution is 2.22. The van der Waals surface area contributed by atoms with Gasteiger partial charge in [-0.25, -0.2) is 9.37 Å². The second-order valence-corrected chi connectivity index (χ2v) is 5.00. The van der Waals surface area contributed by atoms with Crippen LogP contribution >= 0.6 is 0 Å². The molecule has 0 fully saturated rings. The number of ether oxygens (including phenoxy) is 1. The minimum absolute atomic E-state index is 0.236. The first-order chi connectivity index (χ1) is 10.8. The summed E-state index contributed by atoms with van der Waals surface area (Å²) in [5, 5.41) is 0.